The second-order valence-electron chi connectivity index (χ2n) is 5.53. The van der Waals surface area contributed by atoms with Gasteiger partial charge in [0.1, 0.15) is 6.29 Å². The van der Waals surface area contributed by atoms with E-state index in [1.807, 2.05) is 24.3 Å². The Morgan fingerprint density at radius 3 is 2.50 bits per heavy atom. The molecule has 1 aliphatic heterocycles. The van der Waals surface area contributed by atoms with E-state index in [1.165, 1.54) is 44.7 Å². The monoisotopic (exact) mass is 275 g/mol. The van der Waals surface area contributed by atoms with Crippen LogP contribution in [0.2, 0.25) is 0 Å². The number of rotatable bonds is 7. The molecule has 0 amide bonds. The highest BCUT2D eigenvalue weighted by molar-refractivity contribution is 5.74. The zero-order valence-electron chi connectivity index (χ0n) is 12.3. The van der Waals surface area contributed by atoms with Gasteiger partial charge in [-0.05, 0) is 32.1 Å². The van der Waals surface area contributed by atoms with Gasteiger partial charge in [-0.2, -0.15) is 0 Å². The van der Waals surface area contributed by atoms with Crippen molar-refractivity contribution in [2.75, 3.05) is 46.3 Å². The summed E-state index contributed by atoms with van der Waals surface area (Å²) in [7, 11) is 2.19. The van der Waals surface area contributed by atoms with E-state index in [-0.39, 0.29) is 0 Å². The maximum Gasteiger partial charge on any atom is 0.150 e. The SMILES string of the molecule is CN1CCN(CCCNCc2ccc(C=O)cc2)CC1. The summed E-state index contributed by atoms with van der Waals surface area (Å²) in [6.45, 7) is 7.88. The average Bonchev–Trinajstić information content (AvgIpc) is 2.49. The Morgan fingerprint density at radius 2 is 1.85 bits per heavy atom. The maximum absolute atomic E-state index is 10.6. The smallest absolute Gasteiger partial charge is 0.150 e. The highest BCUT2D eigenvalue weighted by Gasteiger charge is 2.12. The molecule has 20 heavy (non-hydrogen) atoms. The van der Waals surface area contributed by atoms with Crippen LogP contribution in [-0.4, -0.2) is 62.4 Å². The van der Waals surface area contributed by atoms with Gasteiger partial charge in [0.2, 0.25) is 0 Å². The van der Waals surface area contributed by atoms with Crippen molar-refractivity contribution >= 4 is 6.29 Å². The van der Waals surface area contributed by atoms with E-state index < -0.39 is 0 Å². The van der Waals surface area contributed by atoms with Crippen molar-refractivity contribution in [1.29, 1.82) is 0 Å². The van der Waals surface area contributed by atoms with Crippen LogP contribution in [0.15, 0.2) is 24.3 Å². The number of likely N-dealkylation sites (N-methyl/N-ethyl adjacent to an activating group) is 1. The zero-order valence-corrected chi connectivity index (χ0v) is 12.3. The average molecular weight is 275 g/mol. The summed E-state index contributed by atoms with van der Waals surface area (Å²) in [5, 5.41) is 3.46. The van der Waals surface area contributed by atoms with Crippen molar-refractivity contribution in [2.45, 2.75) is 13.0 Å². The van der Waals surface area contributed by atoms with Gasteiger partial charge in [0, 0.05) is 38.3 Å². The fraction of sp³-hybridized carbons (Fsp3) is 0.562. The maximum atomic E-state index is 10.6. The number of carbonyl (C=O) groups excluding carboxylic acids is 1. The molecule has 0 atom stereocenters. The molecule has 2 rings (SSSR count). The van der Waals surface area contributed by atoms with Crippen LogP contribution in [-0.2, 0) is 6.54 Å². The lowest BCUT2D eigenvalue weighted by Gasteiger charge is -2.32. The van der Waals surface area contributed by atoms with E-state index in [0.29, 0.717) is 0 Å². The number of nitrogens with one attached hydrogen (secondary N) is 1. The molecule has 1 fully saturated rings. The molecule has 4 nitrogen and oxygen atoms in total. The lowest BCUT2D eigenvalue weighted by molar-refractivity contribution is 0.112. The van der Waals surface area contributed by atoms with Crippen LogP contribution in [0, 0.1) is 0 Å². The topological polar surface area (TPSA) is 35.6 Å². The van der Waals surface area contributed by atoms with Crippen LogP contribution in [0.25, 0.3) is 0 Å². The number of benzene rings is 1. The Morgan fingerprint density at radius 1 is 1.15 bits per heavy atom. The Labute approximate surface area is 121 Å². The van der Waals surface area contributed by atoms with Gasteiger partial charge in [0.25, 0.3) is 0 Å². The van der Waals surface area contributed by atoms with Crippen molar-refractivity contribution in [3.63, 3.8) is 0 Å². The molecule has 4 heteroatoms. The van der Waals surface area contributed by atoms with Crippen molar-refractivity contribution in [3.8, 4) is 0 Å². The summed E-state index contributed by atoms with van der Waals surface area (Å²) < 4.78 is 0. The highest BCUT2D eigenvalue weighted by Crippen LogP contribution is 2.02. The number of aldehydes is 1. The van der Waals surface area contributed by atoms with Gasteiger partial charge in [0.15, 0.2) is 0 Å². The van der Waals surface area contributed by atoms with Gasteiger partial charge < -0.3 is 15.1 Å². The molecule has 0 aromatic heterocycles. The number of hydrogen-bond donors (Lipinski definition) is 1. The van der Waals surface area contributed by atoms with Gasteiger partial charge in [-0.1, -0.05) is 24.3 Å². The molecule has 0 radical (unpaired) electrons. The van der Waals surface area contributed by atoms with Gasteiger partial charge in [0.05, 0.1) is 0 Å². The first-order valence-corrected chi connectivity index (χ1v) is 7.43. The molecule has 0 aliphatic carbocycles. The molecule has 0 spiro atoms. The quantitative estimate of drug-likeness (QED) is 0.600. The van der Waals surface area contributed by atoms with Gasteiger partial charge in [-0.3, -0.25) is 4.79 Å². The van der Waals surface area contributed by atoms with E-state index in [9.17, 15) is 4.79 Å². The summed E-state index contributed by atoms with van der Waals surface area (Å²) in [5.74, 6) is 0. The molecule has 0 saturated carbocycles. The van der Waals surface area contributed by atoms with Gasteiger partial charge in [-0.25, -0.2) is 0 Å². The summed E-state index contributed by atoms with van der Waals surface area (Å²) >= 11 is 0. The first kappa shape index (κ1) is 15.2. The van der Waals surface area contributed by atoms with Crippen LogP contribution in [0.4, 0.5) is 0 Å². The van der Waals surface area contributed by atoms with Crippen LogP contribution in [0.1, 0.15) is 22.3 Å². The lowest BCUT2D eigenvalue weighted by Crippen LogP contribution is -2.45. The van der Waals surface area contributed by atoms with E-state index in [0.717, 1.165) is 24.9 Å². The fourth-order valence-electron chi connectivity index (χ4n) is 2.45. The third kappa shape index (κ3) is 5.04. The standard InChI is InChI=1S/C16H25N3O/c1-18-9-11-19(12-10-18)8-2-7-17-13-15-3-5-16(14-20)6-4-15/h3-6,14,17H,2,7-13H2,1H3. The molecular formula is C16H25N3O. The van der Waals surface area contributed by atoms with Crippen molar-refractivity contribution in [3.05, 3.63) is 35.4 Å². The first-order valence-electron chi connectivity index (χ1n) is 7.43. The Bertz CT molecular complexity index is 397. The molecule has 1 saturated heterocycles. The third-order valence-electron chi connectivity index (χ3n) is 3.87. The Balaban J connectivity index is 1.56. The number of hydrogen-bond acceptors (Lipinski definition) is 4. The van der Waals surface area contributed by atoms with Crippen LogP contribution < -0.4 is 5.32 Å². The molecule has 1 aromatic carbocycles. The predicted octanol–water partition coefficient (Wildman–Crippen LogP) is 1.23. The first-order chi connectivity index (χ1) is 9.78. The highest BCUT2D eigenvalue weighted by atomic mass is 16.1. The number of carbonyl (C=O) groups is 1. The predicted molar refractivity (Wildman–Crippen MR) is 82.1 cm³/mol. The van der Waals surface area contributed by atoms with Gasteiger partial charge >= 0.3 is 0 Å². The van der Waals surface area contributed by atoms with Crippen LogP contribution >= 0.6 is 0 Å². The van der Waals surface area contributed by atoms with E-state index in [4.69, 9.17) is 0 Å². The Hall–Kier alpha value is -1.23. The minimum atomic E-state index is 0.740. The Kier molecular flexibility index (Phi) is 6.18. The van der Waals surface area contributed by atoms with Crippen LogP contribution in [0.5, 0.6) is 0 Å². The third-order valence-corrected chi connectivity index (χ3v) is 3.87. The second-order valence-corrected chi connectivity index (χ2v) is 5.53. The van der Waals surface area contributed by atoms with Crippen molar-refractivity contribution < 1.29 is 4.79 Å². The fourth-order valence-corrected chi connectivity index (χ4v) is 2.45. The number of piperazine rings is 1. The molecule has 1 aromatic rings. The molecule has 1 N–H and O–H groups in total. The summed E-state index contributed by atoms with van der Waals surface area (Å²) in [4.78, 5) is 15.5. The normalized spacial score (nSPS) is 17.2. The lowest BCUT2D eigenvalue weighted by atomic mass is 10.1. The zero-order chi connectivity index (χ0) is 14.2. The van der Waals surface area contributed by atoms with E-state index in [2.05, 4.69) is 22.2 Å². The van der Waals surface area contributed by atoms with E-state index >= 15 is 0 Å². The van der Waals surface area contributed by atoms with Crippen molar-refractivity contribution in [2.24, 2.45) is 0 Å². The molecule has 110 valence electrons. The number of nitrogens with zero attached hydrogens (tertiary/aromatic N) is 2. The summed E-state index contributed by atoms with van der Waals surface area (Å²) in [6, 6.07) is 7.76. The largest absolute Gasteiger partial charge is 0.313 e. The van der Waals surface area contributed by atoms with Crippen molar-refractivity contribution in [1.82, 2.24) is 15.1 Å². The minimum absolute atomic E-state index is 0.740. The van der Waals surface area contributed by atoms with Gasteiger partial charge in [-0.15, -0.1) is 0 Å². The summed E-state index contributed by atoms with van der Waals surface area (Å²) in [6.07, 6.45) is 2.07. The molecule has 0 unspecified atom stereocenters. The van der Waals surface area contributed by atoms with Crippen LogP contribution in [0.3, 0.4) is 0 Å². The summed E-state index contributed by atoms with van der Waals surface area (Å²) in [5.41, 5.74) is 1.97. The molecule has 1 heterocycles. The minimum Gasteiger partial charge on any atom is -0.313 e. The van der Waals surface area contributed by atoms with E-state index in [1.54, 1.807) is 0 Å². The molecule has 1 aliphatic rings. The molecule has 0 bridgehead atoms. The molecular weight excluding hydrogens is 250 g/mol. The second kappa shape index (κ2) is 8.15.